The smallest absolute Gasteiger partial charge is 0.269 e. The quantitative estimate of drug-likeness (QED) is 0.127. The molecular formula is C50H50N4O. The first-order valence-corrected chi connectivity index (χ1v) is 19.2. The van der Waals surface area contributed by atoms with Crippen LogP contribution in [0.5, 0.6) is 11.5 Å². The molecule has 0 saturated carbocycles. The summed E-state index contributed by atoms with van der Waals surface area (Å²) in [5.74, 6) is 2.38. The molecule has 0 atom stereocenters. The second kappa shape index (κ2) is 13.4. The van der Waals surface area contributed by atoms with Gasteiger partial charge in [-0.15, -0.1) is 0 Å². The molecule has 0 aliphatic heterocycles. The Morgan fingerprint density at radius 1 is 0.564 bits per heavy atom. The Morgan fingerprint density at radius 2 is 1.25 bits per heavy atom. The number of hydrogen-bond donors (Lipinski definition) is 0. The fraction of sp³-hybridized carbons (Fsp3) is 0.240. The first kappa shape index (κ1) is 36.1. The van der Waals surface area contributed by atoms with Gasteiger partial charge < -0.3 is 4.74 Å². The summed E-state index contributed by atoms with van der Waals surface area (Å²) in [4.78, 5) is 4.88. The molecule has 0 bridgehead atoms. The van der Waals surface area contributed by atoms with Crippen LogP contribution in [-0.2, 0) is 16.2 Å². The van der Waals surface area contributed by atoms with Crippen LogP contribution in [0.25, 0.3) is 50.1 Å². The molecule has 55 heavy (non-hydrogen) atoms. The molecule has 5 nitrogen and oxygen atoms in total. The van der Waals surface area contributed by atoms with Crippen LogP contribution < -0.4 is 9.30 Å². The van der Waals surface area contributed by atoms with Gasteiger partial charge in [0.25, 0.3) is 6.33 Å². The van der Waals surface area contributed by atoms with E-state index in [1.807, 2.05) is 12.3 Å². The summed E-state index contributed by atoms with van der Waals surface area (Å²) in [6, 6.07) is 45.0. The van der Waals surface area contributed by atoms with Gasteiger partial charge in [-0.1, -0.05) is 123 Å². The maximum Gasteiger partial charge on any atom is 0.269 e. The van der Waals surface area contributed by atoms with Crippen LogP contribution in [-0.4, -0.2) is 14.1 Å². The number of fused-ring (bicyclic) bond motifs is 3. The molecule has 0 radical (unpaired) electrons. The highest BCUT2D eigenvalue weighted by atomic mass is 16.5. The number of imidazole rings is 1. The van der Waals surface area contributed by atoms with E-state index < -0.39 is 0 Å². The second-order valence-corrected chi connectivity index (χ2v) is 17.7. The van der Waals surface area contributed by atoms with Crippen molar-refractivity contribution in [3.8, 4) is 39.8 Å². The third-order valence-corrected chi connectivity index (χ3v) is 10.5. The largest absolute Gasteiger partial charge is 0.458 e. The Morgan fingerprint density at radius 3 is 1.96 bits per heavy atom. The minimum absolute atomic E-state index is 0.00680. The molecule has 0 spiro atoms. The Labute approximate surface area is 325 Å². The average molecular weight is 723 g/mol. The Bertz CT molecular complexity index is 2660. The number of aromatic nitrogens is 4. The zero-order valence-corrected chi connectivity index (χ0v) is 33.5. The summed E-state index contributed by atoms with van der Waals surface area (Å²) in [7, 11) is 0. The van der Waals surface area contributed by atoms with Crippen molar-refractivity contribution in [2.75, 3.05) is 0 Å². The van der Waals surface area contributed by atoms with Gasteiger partial charge in [0.15, 0.2) is 0 Å². The molecule has 3 heterocycles. The van der Waals surface area contributed by atoms with E-state index in [4.69, 9.17) is 9.72 Å². The van der Waals surface area contributed by atoms with Crippen molar-refractivity contribution in [2.24, 2.45) is 0 Å². The number of pyridine rings is 1. The lowest BCUT2D eigenvalue weighted by atomic mass is 9.87. The zero-order valence-electron chi connectivity index (χ0n) is 33.5. The molecule has 276 valence electrons. The lowest BCUT2D eigenvalue weighted by molar-refractivity contribution is -0.611. The molecule has 0 saturated heterocycles. The van der Waals surface area contributed by atoms with Crippen molar-refractivity contribution >= 4 is 21.8 Å². The van der Waals surface area contributed by atoms with Gasteiger partial charge in [0.05, 0.1) is 28.1 Å². The zero-order chi connectivity index (χ0) is 38.7. The van der Waals surface area contributed by atoms with Crippen molar-refractivity contribution < 1.29 is 9.30 Å². The summed E-state index contributed by atoms with van der Waals surface area (Å²) >= 11 is 0. The van der Waals surface area contributed by atoms with E-state index in [9.17, 15) is 0 Å². The van der Waals surface area contributed by atoms with E-state index in [1.165, 1.54) is 16.5 Å². The lowest BCUT2D eigenvalue weighted by Gasteiger charge is -2.22. The minimum atomic E-state index is -0.129. The molecule has 0 unspecified atom stereocenters. The average Bonchev–Trinajstić information content (AvgIpc) is 3.75. The van der Waals surface area contributed by atoms with Crippen LogP contribution in [0.15, 0.2) is 140 Å². The van der Waals surface area contributed by atoms with Gasteiger partial charge in [0, 0.05) is 29.2 Å². The fourth-order valence-corrected chi connectivity index (χ4v) is 7.32. The number of ether oxygens (including phenoxy) is 1. The third-order valence-electron chi connectivity index (χ3n) is 10.5. The van der Waals surface area contributed by atoms with E-state index in [2.05, 4.69) is 210 Å². The van der Waals surface area contributed by atoms with E-state index >= 15 is 0 Å². The summed E-state index contributed by atoms with van der Waals surface area (Å²) < 4.78 is 13.4. The van der Waals surface area contributed by atoms with Gasteiger partial charge in [0.1, 0.15) is 17.3 Å². The van der Waals surface area contributed by atoms with Crippen molar-refractivity contribution in [2.45, 2.75) is 78.6 Å². The summed E-state index contributed by atoms with van der Waals surface area (Å²) in [5.41, 5.74) is 10.0. The highest BCUT2D eigenvalue weighted by molar-refractivity contribution is 6.09. The maximum absolute atomic E-state index is 6.84. The van der Waals surface area contributed by atoms with Crippen molar-refractivity contribution in [1.29, 1.82) is 0 Å². The lowest BCUT2D eigenvalue weighted by Crippen LogP contribution is -2.38. The van der Waals surface area contributed by atoms with E-state index in [0.717, 1.165) is 61.9 Å². The SMILES string of the molecule is CC(C)(C)c1ccc(-[n+]2[c-]n(-c3cc(Oc4ccc5c6ccccc6n(-c6cc(C(C)(C)C)ccn6)c5c4)cc(-c4ccccc4)c3)cc2C(C)(C)C)cc1. The molecule has 0 aliphatic carbocycles. The summed E-state index contributed by atoms with van der Waals surface area (Å²) in [6.07, 6.45) is 7.82. The van der Waals surface area contributed by atoms with Crippen molar-refractivity contribution in [3.63, 3.8) is 0 Å². The topological polar surface area (TPSA) is 35.9 Å². The molecule has 3 aromatic heterocycles. The summed E-state index contributed by atoms with van der Waals surface area (Å²) in [6.45, 7) is 20.2. The third kappa shape index (κ3) is 7.07. The highest BCUT2D eigenvalue weighted by Crippen LogP contribution is 2.37. The maximum atomic E-state index is 6.84. The number of hydrogen-bond acceptors (Lipinski definition) is 2. The molecule has 8 aromatic rings. The van der Waals surface area contributed by atoms with Gasteiger partial charge in [0.2, 0.25) is 0 Å². The van der Waals surface area contributed by atoms with Crippen LogP contribution in [0, 0.1) is 6.33 Å². The van der Waals surface area contributed by atoms with Gasteiger partial charge in [-0.25, -0.2) is 4.98 Å². The predicted octanol–water partition coefficient (Wildman–Crippen LogP) is 12.4. The number of para-hydroxylation sites is 1. The van der Waals surface area contributed by atoms with Gasteiger partial charge in [-0.2, -0.15) is 0 Å². The first-order chi connectivity index (χ1) is 26.1. The van der Waals surface area contributed by atoms with Gasteiger partial charge in [-0.05, 0) is 99.2 Å². The molecular weight excluding hydrogens is 673 g/mol. The normalized spacial score (nSPS) is 12.5. The Kier molecular flexibility index (Phi) is 8.80. The van der Waals surface area contributed by atoms with Gasteiger partial charge in [-0.3, -0.25) is 13.7 Å². The van der Waals surface area contributed by atoms with Crippen LogP contribution in [0.2, 0.25) is 0 Å². The Hall–Kier alpha value is -5.94. The van der Waals surface area contributed by atoms with Gasteiger partial charge >= 0.3 is 0 Å². The van der Waals surface area contributed by atoms with E-state index in [1.54, 1.807) is 0 Å². The van der Waals surface area contributed by atoms with E-state index in [-0.39, 0.29) is 16.2 Å². The van der Waals surface area contributed by atoms with Crippen molar-refractivity contribution in [3.05, 3.63) is 163 Å². The molecule has 0 amide bonds. The van der Waals surface area contributed by atoms with Crippen LogP contribution in [0.4, 0.5) is 0 Å². The molecule has 5 heteroatoms. The van der Waals surface area contributed by atoms with Crippen LogP contribution in [0.1, 0.15) is 79.1 Å². The molecule has 8 rings (SSSR count). The summed E-state index contributed by atoms with van der Waals surface area (Å²) in [5, 5.41) is 2.33. The predicted molar refractivity (Wildman–Crippen MR) is 226 cm³/mol. The van der Waals surface area contributed by atoms with Crippen LogP contribution in [0.3, 0.4) is 0 Å². The van der Waals surface area contributed by atoms with Crippen LogP contribution >= 0.6 is 0 Å². The van der Waals surface area contributed by atoms with E-state index in [0.29, 0.717) is 0 Å². The fourth-order valence-electron chi connectivity index (χ4n) is 7.32. The molecule has 5 aromatic carbocycles. The first-order valence-electron chi connectivity index (χ1n) is 19.2. The minimum Gasteiger partial charge on any atom is -0.458 e. The Balaban J connectivity index is 1.25. The monoisotopic (exact) mass is 722 g/mol. The number of benzene rings is 5. The molecule has 0 aliphatic rings. The number of rotatable bonds is 6. The number of nitrogens with zero attached hydrogens (tertiary/aromatic N) is 4. The molecule has 0 fully saturated rings. The highest BCUT2D eigenvalue weighted by Gasteiger charge is 2.24. The van der Waals surface area contributed by atoms with Crippen molar-refractivity contribution in [1.82, 2.24) is 14.1 Å². The standard InChI is InChI=1S/C50H50N4O/c1-48(2,3)36-19-21-38(22-20-36)53-33-52(32-46(53)50(7,8)9)39-27-35(34-15-11-10-12-16-34)28-41(30-39)55-40-23-24-43-42-17-13-14-18-44(42)54(45(43)31-40)47-29-37(25-26-51-47)49(4,5)6/h10-32H,1-9H3. The molecule has 0 N–H and O–H groups in total. The second-order valence-electron chi connectivity index (χ2n) is 17.7.